The predicted molar refractivity (Wildman–Crippen MR) is 123 cm³/mol. The number of nitrogens with zero attached hydrogens (tertiary/aromatic N) is 3. The third-order valence-corrected chi connectivity index (χ3v) is 5.75. The van der Waals surface area contributed by atoms with Crippen molar-refractivity contribution < 1.29 is 14.3 Å². The van der Waals surface area contributed by atoms with Crippen LogP contribution in [0.1, 0.15) is 30.1 Å². The summed E-state index contributed by atoms with van der Waals surface area (Å²) >= 11 is 1.50. The van der Waals surface area contributed by atoms with Crippen LogP contribution in [0.2, 0.25) is 0 Å². The lowest BCUT2D eigenvalue weighted by Gasteiger charge is -2.22. The summed E-state index contributed by atoms with van der Waals surface area (Å²) in [6.45, 7) is 4.09. The Morgan fingerprint density at radius 3 is 2.53 bits per heavy atom. The number of rotatable bonds is 10. The molecule has 0 fully saturated rings. The van der Waals surface area contributed by atoms with Crippen LogP contribution in [0.25, 0.3) is 10.2 Å². The van der Waals surface area contributed by atoms with Gasteiger partial charge in [-0.2, -0.15) is 0 Å². The largest absolute Gasteiger partial charge is 0.494 e. The summed E-state index contributed by atoms with van der Waals surface area (Å²) in [5.41, 5.74) is 1.39. The van der Waals surface area contributed by atoms with Crippen LogP contribution in [-0.4, -0.2) is 56.7 Å². The number of amides is 1. The molecule has 7 heteroatoms. The fraction of sp³-hybridized carbons (Fsp3) is 0.391. The maximum absolute atomic E-state index is 13.4. The van der Waals surface area contributed by atoms with Crippen molar-refractivity contribution in [3.8, 4) is 11.5 Å². The van der Waals surface area contributed by atoms with Crippen LogP contribution in [0.15, 0.2) is 42.5 Å². The van der Waals surface area contributed by atoms with Crippen LogP contribution < -0.4 is 14.4 Å². The van der Waals surface area contributed by atoms with Gasteiger partial charge in [0.2, 0.25) is 0 Å². The van der Waals surface area contributed by atoms with Gasteiger partial charge in [0.15, 0.2) is 5.13 Å². The van der Waals surface area contributed by atoms with E-state index in [2.05, 4.69) is 11.8 Å². The van der Waals surface area contributed by atoms with Gasteiger partial charge in [-0.3, -0.25) is 9.69 Å². The van der Waals surface area contributed by atoms with Crippen molar-refractivity contribution in [3.05, 3.63) is 48.0 Å². The van der Waals surface area contributed by atoms with Gasteiger partial charge in [0.05, 0.1) is 18.4 Å². The van der Waals surface area contributed by atoms with E-state index in [4.69, 9.17) is 14.5 Å². The predicted octanol–water partition coefficient (Wildman–Crippen LogP) is 4.69. The Kier molecular flexibility index (Phi) is 7.65. The molecule has 0 aliphatic carbocycles. The molecule has 0 atom stereocenters. The van der Waals surface area contributed by atoms with Crippen molar-refractivity contribution in [2.45, 2.75) is 19.8 Å². The quantitative estimate of drug-likeness (QED) is 0.439. The maximum Gasteiger partial charge on any atom is 0.260 e. The number of likely N-dealkylation sites (N-methyl/N-ethyl adjacent to an activating group) is 1. The zero-order chi connectivity index (χ0) is 21.5. The molecule has 3 aromatic rings. The Bertz CT molecular complexity index is 969. The molecule has 0 radical (unpaired) electrons. The second kappa shape index (κ2) is 10.4. The summed E-state index contributed by atoms with van der Waals surface area (Å²) in [7, 11) is 5.62. The number of aromatic nitrogens is 1. The lowest BCUT2D eigenvalue weighted by Crippen LogP contribution is -2.36. The van der Waals surface area contributed by atoms with Gasteiger partial charge in [0, 0.05) is 18.7 Å². The first-order valence-electron chi connectivity index (χ1n) is 10.2. The van der Waals surface area contributed by atoms with Gasteiger partial charge >= 0.3 is 0 Å². The Balaban J connectivity index is 1.87. The molecule has 160 valence electrons. The van der Waals surface area contributed by atoms with Crippen molar-refractivity contribution in [1.82, 2.24) is 9.88 Å². The second-order valence-corrected chi connectivity index (χ2v) is 8.30. The molecule has 1 amide bonds. The molecule has 3 rings (SSSR count). The summed E-state index contributed by atoms with van der Waals surface area (Å²) in [6, 6.07) is 13.2. The molecule has 0 saturated heterocycles. The third kappa shape index (κ3) is 5.29. The maximum atomic E-state index is 13.4. The van der Waals surface area contributed by atoms with Crippen LogP contribution in [0.4, 0.5) is 5.13 Å². The average molecular weight is 428 g/mol. The first-order valence-corrected chi connectivity index (χ1v) is 11.0. The molecular weight excluding hydrogens is 398 g/mol. The monoisotopic (exact) mass is 427 g/mol. The summed E-state index contributed by atoms with van der Waals surface area (Å²) in [5.74, 6) is 1.42. The van der Waals surface area contributed by atoms with E-state index in [9.17, 15) is 4.79 Å². The van der Waals surface area contributed by atoms with Crippen molar-refractivity contribution in [2.75, 3.05) is 45.8 Å². The highest BCUT2D eigenvalue weighted by Gasteiger charge is 2.22. The number of methoxy groups -OCH3 is 1. The lowest BCUT2D eigenvalue weighted by molar-refractivity contribution is 0.0985. The van der Waals surface area contributed by atoms with E-state index in [0.717, 1.165) is 35.4 Å². The van der Waals surface area contributed by atoms with Gasteiger partial charge in [-0.1, -0.05) is 30.7 Å². The van der Waals surface area contributed by atoms with E-state index in [1.54, 1.807) is 12.0 Å². The third-order valence-electron chi connectivity index (χ3n) is 4.71. The zero-order valence-electron chi connectivity index (χ0n) is 18.1. The van der Waals surface area contributed by atoms with Crippen LogP contribution in [0.5, 0.6) is 11.5 Å². The number of hydrogen-bond donors (Lipinski definition) is 0. The summed E-state index contributed by atoms with van der Waals surface area (Å²) < 4.78 is 12.1. The number of unbranched alkanes of at least 4 members (excludes halogenated alkanes) is 1. The fourth-order valence-electron chi connectivity index (χ4n) is 2.96. The minimum atomic E-state index is -0.0741. The van der Waals surface area contributed by atoms with E-state index < -0.39 is 0 Å². The fourth-order valence-corrected chi connectivity index (χ4v) is 3.97. The molecule has 0 aliphatic heterocycles. The number of fused-ring (bicyclic) bond motifs is 1. The van der Waals surface area contributed by atoms with E-state index in [1.807, 2.05) is 56.6 Å². The normalized spacial score (nSPS) is 11.1. The summed E-state index contributed by atoms with van der Waals surface area (Å²) in [4.78, 5) is 21.9. The van der Waals surface area contributed by atoms with Crippen molar-refractivity contribution >= 4 is 32.6 Å². The molecule has 0 bridgehead atoms. The van der Waals surface area contributed by atoms with Crippen molar-refractivity contribution in [1.29, 1.82) is 0 Å². The molecule has 6 nitrogen and oxygen atoms in total. The second-order valence-electron chi connectivity index (χ2n) is 7.29. The SMILES string of the molecule is CCCCOc1ccc(C(=O)N(CCN(C)C)c2nc3c(OC)cccc3s2)cc1. The van der Waals surface area contributed by atoms with Crippen LogP contribution in [0, 0.1) is 0 Å². The van der Waals surface area contributed by atoms with Gasteiger partial charge in [-0.15, -0.1) is 0 Å². The highest BCUT2D eigenvalue weighted by atomic mass is 32.1. The van der Waals surface area contributed by atoms with Crippen molar-refractivity contribution in [2.24, 2.45) is 0 Å². The molecule has 0 aliphatic rings. The van der Waals surface area contributed by atoms with Gasteiger partial charge < -0.3 is 14.4 Å². The smallest absolute Gasteiger partial charge is 0.260 e. The van der Waals surface area contributed by atoms with Gasteiger partial charge in [0.25, 0.3) is 5.91 Å². The van der Waals surface area contributed by atoms with Gasteiger partial charge in [-0.05, 0) is 56.9 Å². The first-order chi connectivity index (χ1) is 14.5. The van der Waals surface area contributed by atoms with Crippen LogP contribution in [0.3, 0.4) is 0 Å². The number of ether oxygens (including phenoxy) is 2. The van der Waals surface area contributed by atoms with E-state index in [-0.39, 0.29) is 5.91 Å². The highest BCUT2D eigenvalue weighted by Crippen LogP contribution is 2.34. The minimum Gasteiger partial charge on any atom is -0.494 e. The topological polar surface area (TPSA) is 54.9 Å². The minimum absolute atomic E-state index is 0.0741. The number of thiazole rings is 1. The molecule has 0 saturated carbocycles. The lowest BCUT2D eigenvalue weighted by atomic mass is 10.2. The van der Waals surface area contributed by atoms with Crippen LogP contribution in [-0.2, 0) is 0 Å². The molecule has 0 spiro atoms. The Morgan fingerprint density at radius 2 is 1.87 bits per heavy atom. The number of benzene rings is 2. The highest BCUT2D eigenvalue weighted by molar-refractivity contribution is 7.22. The average Bonchev–Trinajstić information content (AvgIpc) is 3.18. The molecule has 2 aromatic carbocycles. The van der Waals surface area contributed by atoms with Crippen molar-refractivity contribution in [3.63, 3.8) is 0 Å². The molecular formula is C23H29N3O3S. The van der Waals surface area contributed by atoms with Crippen LogP contribution >= 0.6 is 11.3 Å². The standard InChI is InChI=1S/C23H29N3O3S/c1-5-6-16-29-18-12-10-17(11-13-18)22(27)26(15-14-25(2)3)23-24-21-19(28-4)8-7-9-20(21)30-23/h7-13H,5-6,14-16H2,1-4H3. The molecule has 0 unspecified atom stereocenters. The molecule has 1 heterocycles. The number of carbonyl (C=O) groups excluding carboxylic acids is 1. The Hall–Kier alpha value is -2.64. The van der Waals surface area contributed by atoms with Gasteiger partial charge in [0.1, 0.15) is 17.0 Å². The zero-order valence-corrected chi connectivity index (χ0v) is 18.9. The number of anilines is 1. The number of para-hydroxylation sites is 1. The number of hydrogen-bond acceptors (Lipinski definition) is 6. The van der Waals surface area contributed by atoms with E-state index in [1.165, 1.54) is 11.3 Å². The molecule has 30 heavy (non-hydrogen) atoms. The summed E-state index contributed by atoms with van der Waals surface area (Å²) in [6.07, 6.45) is 2.10. The molecule has 0 N–H and O–H groups in total. The molecule has 1 aromatic heterocycles. The van der Waals surface area contributed by atoms with E-state index >= 15 is 0 Å². The first kappa shape index (κ1) is 22.1. The van der Waals surface area contributed by atoms with E-state index in [0.29, 0.717) is 29.6 Å². The summed E-state index contributed by atoms with van der Waals surface area (Å²) in [5, 5.41) is 0.671. The Labute approximate surface area is 182 Å². The Morgan fingerprint density at radius 1 is 1.10 bits per heavy atom. The van der Waals surface area contributed by atoms with Gasteiger partial charge in [-0.25, -0.2) is 4.98 Å². The number of carbonyl (C=O) groups is 1.